The molecule has 1 aromatic heterocycles. The van der Waals surface area contributed by atoms with Gasteiger partial charge >= 0.3 is 0 Å². The number of thiol groups is 1. The molecule has 0 bridgehead atoms. The summed E-state index contributed by atoms with van der Waals surface area (Å²) in [5.74, 6) is -0.0589. The Morgan fingerprint density at radius 1 is 1.33 bits per heavy atom. The van der Waals surface area contributed by atoms with E-state index in [1.807, 2.05) is 25.1 Å². The number of carbonyl (C=O) groups excluding carboxylic acids is 1. The third-order valence-electron chi connectivity index (χ3n) is 2.79. The van der Waals surface area contributed by atoms with Crippen LogP contribution < -0.4 is 4.90 Å². The topological polar surface area (TPSA) is 33.2 Å². The van der Waals surface area contributed by atoms with E-state index < -0.39 is 0 Å². The standard InChI is InChI=1S/C14H14N2OS/c1-10-5-6-12(18)8-13(10)14(17)16(2)11-4-3-7-15-9-11/h3-9,18H,1-2H3. The second-order valence-corrected chi connectivity index (χ2v) is 4.59. The van der Waals surface area contributed by atoms with E-state index in [-0.39, 0.29) is 5.91 Å². The van der Waals surface area contributed by atoms with Crippen LogP contribution in [0.2, 0.25) is 0 Å². The quantitative estimate of drug-likeness (QED) is 0.840. The highest BCUT2D eigenvalue weighted by atomic mass is 32.1. The lowest BCUT2D eigenvalue weighted by Gasteiger charge is -2.18. The lowest BCUT2D eigenvalue weighted by atomic mass is 10.1. The van der Waals surface area contributed by atoms with Crippen LogP contribution in [0.1, 0.15) is 15.9 Å². The summed E-state index contributed by atoms with van der Waals surface area (Å²) in [5.41, 5.74) is 2.37. The van der Waals surface area contributed by atoms with Crippen molar-refractivity contribution in [3.8, 4) is 0 Å². The van der Waals surface area contributed by atoms with Gasteiger partial charge in [-0.1, -0.05) is 6.07 Å². The molecule has 1 heterocycles. The number of hydrogen-bond acceptors (Lipinski definition) is 3. The van der Waals surface area contributed by atoms with Gasteiger partial charge in [0.2, 0.25) is 0 Å². The predicted molar refractivity (Wildman–Crippen MR) is 75.4 cm³/mol. The molecule has 4 heteroatoms. The SMILES string of the molecule is Cc1ccc(S)cc1C(=O)N(C)c1cccnc1. The van der Waals surface area contributed by atoms with E-state index in [1.54, 1.807) is 36.5 Å². The predicted octanol–water partition coefficient (Wildman–Crippen LogP) is 2.96. The van der Waals surface area contributed by atoms with Gasteiger partial charge in [0.1, 0.15) is 0 Å². The van der Waals surface area contributed by atoms with Crippen molar-refractivity contribution >= 4 is 24.2 Å². The van der Waals surface area contributed by atoms with Crippen molar-refractivity contribution in [1.82, 2.24) is 4.98 Å². The highest BCUT2D eigenvalue weighted by Crippen LogP contribution is 2.19. The van der Waals surface area contributed by atoms with E-state index in [9.17, 15) is 4.79 Å². The second kappa shape index (κ2) is 5.23. The first kappa shape index (κ1) is 12.6. The Kier molecular flexibility index (Phi) is 3.67. The van der Waals surface area contributed by atoms with Crippen LogP contribution in [0.5, 0.6) is 0 Å². The van der Waals surface area contributed by atoms with Gasteiger partial charge in [0, 0.05) is 23.7 Å². The van der Waals surface area contributed by atoms with Gasteiger partial charge in [-0.15, -0.1) is 12.6 Å². The Morgan fingerprint density at radius 2 is 2.11 bits per heavy atom. The second-order valence-electron chi connectivity index (χ2n) is 4.07. The summed E-state index contributed by atoms with van der Waals surface area (Å²) in [6, 6.07) is 9.21. The molecule has 0 aliphatic carbocycles. The monoisotopic (exact) mass is 258 g/mol. The highest BCUT2D eigenvalue weighted by molar-refractivity contribution is 7.80. The molecule has 1 aromatic carbocycles. The van der Waals surface area contributed by atoms with E-state index in [0.29, 0.717) is 5.56 Å². The summed E-state index contributed by atoms with van der Waals surface area (Å²) in [7, 11) is 1.74. The molecule has 1 amide bonds. The van der Waals surface area contributed by atoms with Crippen molar-refractivity contribution in [1.29, 1.82) is 0 Å². The number of benzene rings is 1. The van der Waals surface area contributed by atoms with Gasteiger partial charge in [0.15, 0.2) is 0 Å². The van der Waals surface area contributed by atoms with Gasteiger partial charge < -0.3 is 4.90 Å². The Hall–Kier alpha value is -1.81. The van der Waals surface area contributed by atoms with Gasteiger partial charge in [0.25, 0.3) is 5.91 Å². The Bertz CT molecular complexity index is 569. The molecule has 0 spiro atoms. The van der Waals surface area contributed by atoms with Crippen LogP contribution in [-0.2, 0) is 0 Å². The molecule has 0 saturated carbocycles. The maximum atomic E-state index is 12.4. The van der Waals surface area contributed by atoms with Crippen LogP contribution in [0.4, 0.5) is 5.69 Å². The van der Waals surface area contributed by atoms with Crippen molar-refractivity contribution in [3.05, 3.63) is 53.9 Å². The summed E-state index contributed by atoms with van der Waals surface area (Å²) in [5, 5.41) is 0. The lowest BCUT2D eigenvalue weighted by molar-refractivity contribution is 0.0992. The zero-order valence-electron chi connectivity index (χ0n) is 10.3. The van der Waals surface area contributed by atoms with E-state index >= 15 is 0 Å². The van der Waals surface area contributed by atoms with Crippen molar-refractivity contribution in [3.63, 3.8) is 0 Å². The lowest BCUT2D eigenvalue weighted by Crippen LogP contribution is -2.27. The summed E-state index contributed by atoms with van der Waals surface area (Å²) in [6.07, 6.45) is 3.35. The number of carbonyl (C=O) groups is 1. The molecular formula is C14H14N2OS. The minimum absolute atomic E-state index is 0.0589. The average Bonchev–Trinajstić information content (AvgIpc) is 2.41. The number of aromatic nitrogens is 1. The third-order valence-corrected chi connectivity index (χ3v) is 3.07. The molecule has 92 valence electrons. The van der Waals surface area contributed by atoms with Crippen LogP contribution in [0.3, 0.4) is 0 Å². The zero-order chi connectivity index (χ0) is 13.1. The minimum atomic E-state index is -0.0589. The Labute approximate surface area is 112 Å². The third kappa shape index (κ3) is 2.54. The first-order valence-corrected chi connectivity index (χ1v) is 6.02. The van der Waals surface area contributed by atoms with E-state index in [4.69, 9.17) is 0 Å². The molecule has 0 atom stereocenters. The van der Waals surface area contributed by atoms with Crippen molar-refractivity contribution in [2.45, 2.75) is 11.8 Å². The summed E-state index contributed by atoms with van der Waals surface area (Å²) < 4.78 is 0. The largest absolute Gasteiger partial charge is 0.310 e. The van der Waals surface area contributed by atoms with Gasteiger partial charge in [-0.25, -0.2) is 0 Å². The molecule has 0 radical (unpaired) electrons. The van der Waals surface area contributed by atoms with Crippen LogP contribution in [0.25, 0.3) is 0 Å². The smallest absolute Gasteiger partial charge is 0.258 e. The average molecular weight is 258 g/mol. The molecule has 0 N–H and O–H groups in total. The minimum Gasteiger partial charge on any atom is -0.310 e. The van der Waals surface area contributed by atoms with Gasteiger partial charge in [-0.05, 0) is 36.8 Å². The summed E-state index contributed by atoms with van der Waals surface area (Å²) in [4.78, 5) is 18.8. The maximum Gasteiger partial charge on any atom is 0.258 e. The Balaban J connectivity index is 2.34. The van der Waals surface area contributed by atoms with Crippen molar-refractivity contribution in [2.75, 3.05) is 11.9 Å². The number of rotatable bonds is 2. The maximum absolute atomic E-state index is 12.4. The molecule has 0 saturated heterocycles. The summed E-state index contributed by atoms with van der Waals surface area (Å²) >= 11 is 4.27. The molecule has 2 aromatic rings. The molecule has 0 aliphatic heterocycles. The van der Waals surface area contributed by atoms with Crippen LogP contribution >= 0.6 is 12.6 Å². The number of nitrogens with zero attached hydrogens (tertiary/aromatic N) is 2. The van der Waals surface area contributed by atoms with Crippen molar-refractivity contribution in [2.24, 2.45) is 0 Å². The van der Waals surface area contributed by atoms with Gasteiger partial charge in [-0.2, -0.15) is 0 Å². The van der Waals surface area contributed by atoms with Gasteiger partial charge in [0.05, 0.1) is 11.9 Å². The molecular weight excluding hydrogens is 244 g/mol. The van der Waals surface area contributed by atoms with Gasteiger partial charge in [-0.3, -0.25) is 9.78 Å². The summed E-state index contributed by atoms with van der Waals surface area (Å²) in [6.45, 7) is 1.91. The molecule has 18 heavy (non-hydrogen) atoms. The van der Waals surface area contributed by atoms with Crippen LogP contribution in [0.15, 0.2) is 47.6 Å². The number of anilines is 1. The van der Waals surface area contributed by atoms with E-state index in [1.165, 1.54) is 0 Å². The number of amides is 1. The molecule has 0 aliphatic rings. The van der Waals surface area contributed by atoms with E-state index in [0.717, 1.165) is 16.1 Å². The fourth-order valence-electron chi connectivity index (χ4n) is 1.69. The fraction of sp³-hybridized carbons (Fsp3) is 0.143. The van der Waals surface area contributed by atoms with E-state index in [2.05, 4.69) is 17.6 Å². The zero-order valence-corrected chi connectivity index (χ0v) is 11.2. The van der Waals surface area contributed by atoms with Crippen LogP contribution in [-0.4, -0.2) is 17.9 Å². The van der Waals surface area contributed by atoms with Crippen molar-refractivity contribution < 1.29 is 4.79 Å². The normalized spacial score (nSPS) is 10.2. The Morgan fingerprint density at radius 3 is 2.78 bits per heavy atom. The first-order chi connectivity index (χ1) is 8.59. The molecule has 3 nitrogen and oxygen atoms in total. The number of hydrogen-bond donors (Lipinski definition) is 1. The molecule has 0 fully saturated rings. The molecule has 0 unspecified atom stereocenters. The highest BCUT2D eigenvalue weighted by Gasteiger charge is 2.15. The fourth-order valence-corrected chi connectivity index (χ4v) is 1.89. The number of pyridine rings is 1. The molecule has 2 rings (SSSR count). The van der Waals surface area contributed by atoms with Crippen LogP contribution in [0, 0.1) is 6.92 Å². The number of aryl methyl sites for hydroxylation is 1. The first-order valence-electron chi connectivity index (χ1n) is 5.57.